The second-order valence-electron chi connectivity index (χ2n) is 5.30. The monoisotopic (exact) mass is 291 g/mol. The fourth-order valence-corrected chi connectivity index (χ4v) is 4.24. The van der Waals surface area contributed by atoms with Crippen molar-refractivity contribution in [3.63, 3.8) is 0 Å². The highest BCUT2D eigenvalue weighted by atomic mass is 32.1. The number of fused-ring (bicyclic) bond motifs is 1. The van der Waals surface area contributed by atoms with Gasteiger partial charge in [0.05, 0.1) is 0 Å². The van der Waals surface area contributed by atoms with E-state index in [0.717, 1.165) is 25.7 Å². The van der Waals surface area contributed by atoms with E-state index in [4.69, 9.17) is 0 Å². The van der Waals surface area contributed by atoms with Crippen LogP contribution in [0.2, 0.25) is 0 Å². The average molecular weight is 291 g/mol. The summed E-state index contributed by atoms with van der Waals surface area (Å²) in [5.74, 6) is 0. The van der Waals surface area contributed by atoms with Crippen LogP contribution in [-0.2, 0) is 19.5 Å². The number of nitrogens with one attached hydrogen (secondary N) is 1. The van der Waals surface area contributed by atoms with Crippen LogP contribution < -0.4 is 10.2 Å². The largest absolute Gasteiger partial charge is 0.343 e. The number of hydrogen-bond acceptors (Lipinski definition) is 5. The molecule has 1 N–H and O–H groups in total. The van der Waals surface area contributed by atoms with E-state index >= 15 is 0 Å². The summed E-state index contributed by atoms with van der Waals surface area (Å²) in [6, 6.07) is 3.03. The number of rotatable bonds is 4. The maximum absolute atomic E-state index is 4.60. The minimum absolute atomic E-state index is 0.772. The summed E-state index contributed by atoms with van der Waals surface area (Å²) in [5.41, 5.74) is 1.49. The Morgan fingerprint density at radius 1 is 1.42 bits per heavy atom. The van der Waals surface area contributed by atoms with Gasteiger partial charge in [0.2, 0.25) is 0 Å². The number of thiophene rings is 1. The van der Waals surface area contributed by atoms with E-state index in [1.807, 2.05) is 28.9 Å². The molecule has 100 valence electrons. The Labute approximate surface area is 121 Å². The molecule has 2 aromatic rings. The lowest BCUT2D eigenvalue weighted by atomic mass is 10.1. The van der Waals surface area contributed by atoms with Crippen LogP contribution in [0.1, 0.15) is 28.2 Å². The van der Waals surface area contributed by atoms with E-state index in [0.29, 0.717) is 0 Å². The molecule has 1 aliphatic carbocycles. The van der Waals surface area contributed by atoms with Crippen molar-refractivity contribution < 1.29 is 0 Å². The number of nitrogens with zero attached hydrogens (tertiary/aromatic N) is 2. The number of anilines is 1. The van der Waals surface area contributed by atoms with Crippen LogP contribution in [0.25, 0.3) is 0 Å². The topological polar surface area (TPSA) is 28.2 Å². The van der Waals surface area contributed by atoms with Crippen molar-refractivity contribution in [2.45, 2.75) is 38.4 Å². The van der Waals surface area contributed by atoms with E-state index in [1.54, 1.807) is 4.88 Å². The second-order valence-corrected chi connectivity index (χ2v) is 7.40. The van der Waals surface area contributed by atoms with Crippen molar-refractivity contribution in [1.29, 1.82) is 0 Å². The molecular weight excluding hydrogens is 274 g/mol. The fraction of sp³-hybridized carbons (Fsp3) is 0.500. The Balaban J connectivity index is 1.44. The molecule has 1 aliphatic heterocycles. The molecule has 0 aromatic carbocycles. The molecule has 0 saturated heterocycles. The Morgan fingerprint density at radius 3 is 3.26 bits per heavy atom. The van der Waals surface area contributed by atoms with E-state index in [1.165, 1.54) is 34.8 Å². The molecule has 2 aliphatic rings. The van der Waals surface area contributed by atoms with Gasteiger partial charge < -0.3 is 10.2 Å². The van der Waals surface area contributed by atoms with Gasteiger partial charge in [-0.15, -0.1) is 22.7 Å². The van der Waals surface area contributed by atoms with E-state index in [-0.39, 0.29) is 0 Å². The summed E-state index contributed by atoms with van der Waals surface area (Å²) in [6.45, 7) is 3.12. The molecule has 0 atom stereocenters. The first-order chi connectivity index (χ1) is 9.38. The predicted octanol–water partition coefficient (Wildman–Crippen LogP) is 3.02. The van der Waals surface area contributed by atoms with Gasteiger partial charge in [0.25, 0.3) is 0 Å². The van der Waals surface area contributed by atoms with Crippen LogP contribution in [0, 0.1) is 0 Å². The van der Waals surface area contributed by atoms with Gasteiger partial charge in [-0.3, -0.25) is 0 Å². The van der Waals surface area contributed by atoms with Crippen LogP contribution in [0.15, 0.2) is 17.6 Å². The lowest BCUT2D eigenvalue weighted by Gasteiger charge is -2.26. The lowest BCUT2D eigenvalue weighted by molar-refractivity contribution is 0.694. The SMILES string of the molecule is c1cc2c(s1)CCN(c1ncc(CNC3CC3)s1)C2. The quantitative estimate of drug-likeness (QED) is 0.938. The highest BCUT2D eigenvalue weighted by Crippen LogP contribution is 2.30. The van der Waals surface area contributed by atoms with Crippen LogP contribution in [0.5, 0.6) is 0 Å². The third-order valence-corrected chi connectivity index (χ3v) is 5.84. The number of hydrogen-bond donors (Lipinski definition) is 1. The molecule has 3 nitrogen and oxygen atoms in total. The van der Waals surface area contributed by atoms with Crippen molar-refractivity contribution in [3.05, 3.63) is 33.0 Å². The summed E-state index contributed by atoms with van der Waals surface area (Å²) >= 11 is 3.73. The van der Waals surface area contributed by atoms with Crippen molar-refractivity contribution in [2.24, 2.45) is 0 Å². The lowest BCUT2D eigenvalue weighted by Crippen LogP contribution is -2.29. The molecule has 19 heavy (non-hydrogen) atoms. The van der Waals surface area contributed by atoms with Gasteiger partial charge in [-0.2, -0.15) is 0 Å². The molecule has 3 heterocycles. The highest BCUT2D eigenvalue weighted by molar-refractivity contribution is 7.15. The van der Waals surface area contributed by atoms with Crippen molar-refractivity contribution in [2.75, 3.05) is 11.4 Å². The van der Waals surface area contributed by atoms with E-state index in [2.05, 4.69) is 26.6 Å². The maximum atomic E-state index is 4.60. The molecule has 5 heteroatoms. The predicted molar refractivity (Wildman–Crippen MR) is 81.0 cm³/mol. The molecule has 0 spiro atoms. The van der Waals surface area contributed by atoms with Crippen LogP contribution in [0.3, 0.4) is 0 Å². The summed E-state index contributed by atoms with van der Waals surface area (Å²) in [6.07, 6.45) is 5.90. The molecule has 0 unspecified atom stereocenters. The highest BCUT2D eigenvalue weighted by Gasteiger charge is 2.22. The molecule has 1 fully saturated rings. The maximum Gasteiger partial charge on any atom is 0.185 e. The van der Waals surface area contributed by atoms with Gasteiger partial charge >= 0.3 is 0 Å². The third kappa shape index (κ3) is 2.55. The summed E-state index contributed by atoms with van der Waals surface area (Å²) in [5, 5.41) is 6.95. The van der Waals surface area contributed by atoms with Crippen LogP contribution >= 0.6 is 22.7 Å². The molecular formula is C14H17N3S2. The molecule has 2 aromatic heterocycles. The zero-order valence-corrected chi connectivity index (χ0v) is 12.4. The fourth-order valence-electron chi connectivity index (χ4n) is 2.47. The second kappa shape index (κ2) is 4.89. The number of thiazole rings is 1. The summed E-state index contributed by atoms with van der Waals surface area (Å²) < 4.78 is 0. The van der Waals surface area contributed by atoms with Crippen LogP contribution in [0.4, 0.5) is 5.13 Å². The van der Waals surface area contributed by atoms with Crippen molar-refractivity contribution >= 4 is 27.8 Å². The van der Waals surface area contributed by atoms with Gasteiger partial charge in [-0.1, -0.05) is 0 Å². The van der Waals surface area contributed by atoms with Gasteiger partial charge in [0, 0.05) is 41.6 Å². The third-order valence-electron chi connectivity index (χ3n) is 3.76. The molecule has 4 rings (SSSR count). The minimum atomic E-state index is 0.772. The van der Waals surface area contributed by atoms with Crippen molar-refractivity contribution in [1.82, 2.24) is 10.3 Å². The zero-order valence-electron chi connectivity index (χ0n) is 10.8. The molecule has 1 saturated carbocycles. The molecule has 0 amide bonds. The Bertz CT molecular complexity index is 571. The minimum Gasteiger partial charge on any atom is -0.343 e. The normalized spacial score (nSPS) is 18.6. The van der Waals surface area contributed by atoms with E-state index < -0.39 is 0 Å². The smallest absolute Gasteiger partial charge is 0.185 e. The van der Waals surface area contributed by atoms with E-state index in [9.17, 15) is 0 Å². The number of aromatic nitrogens is 1. The van der Waals surface area contributed by atoms with Gasteiger partial charge in [-0.05, 0) is 36.3 Å². The summed E-state index contributed by atoms with van der Waals surface area (Å²) in [4.78, 5) is 9.94. The van der Waals surface area contributed by atoms with Crippen LogP contribution in [-0.4, -0.2) is 17.6 Å². The first kappa shape index (κ1) is 11.9. The first-order valence-electron chi connectivity index (χ1n) is 6.87. The van der Waals surface area contributed by atoms with Gasteiger partial charge in [0.1, 0.15) is 0 Å². The molecule has 0 bridgehead atoms. The summed E-state index contributed by atoms with van der Waals surface area (Å²) in [7, 11) is 0. The van der Waals surface area contributed by atoms with Gasteiger partial charge in [-0.25, -0.2) is 4.98 Å². The standard InChI is InChI=1S/C14H17N3S2/c1-2-11(1)15-7-12-8-16-14(19-12)17-5-3-13-10(9-17)4-6-18-13/h4,6,8,11,15H,1-3,5,7,9H2. The van der Waals surface area contributed by atoms with Crippen molar-refractivity contribution in [3.8, 4) is 0 Å². The Hall–Kier alpha value is -0.910. The zero-order chi connectivity index (χ0) is 12.7. The first-order valence-corrected chi connectivity index (χ1v) is 8.56. The van der Waals surface area contributed by atoms with Gasteiger partial charge in [0.15, 0.2) is 5.13 Å². The molecule has 0 radical (unpaired) electrons. The Morgan fingerprint density at radius 2 is 2.37 bits per heavy atom. The Kier molecular flexibility index (Phi) is 3.06. The average Bonchev–Trinajstić information content (AvgIpc) is 2.96.